The Kier molecular flexibility index (Phi) is 40.7. The van der Waals surface area contributed by atoms with E-state index in [1.54, 1.807) is 43.1 Å². The third-order valence-electron chi connectivity index (χ3n) is 19.7. The molecule has 4 radical (unpaired) electrons. The first-order valence-corrected chi connectivity index (χ1v) is 41.5. The third-order valence-corrected chi connectivity index (χ3v) is 19.7. The van der Waals surface area contributed by atoms with Gasteiger partial charge in [0, 0.05) is 134 Å². The van der Waals surface area contributed by atoms with E-state index in [0.29, 0.717) is 5.56 Å². The smallest absolute Gasteiger partial charge is 0.123 e. The molecule has 0 spiro atoms. The average molecular weight is 2410 g/mol. The van der Waals surface area contributed by atoms with Crippen molar-refractivity contribution >= 4 is 0 Å². The SMILES string of the molecule is CCc1ccc(-c2ccnc(-c3[c-]cccc3)c2)cc1.Cc1cc(F)ccc1-c1ccc(-c2[c-]cccc2)nc1.Cc1ccc(-c2ccnc(-c3[c-]cccc3)c2)cc1.[2H]C([2H])([2H])c1cc(-c2ccnc(-c3[c-]cccc3)c2)ccc1C.[Ir].[Ir].[Ir].[Ir].[c-]1ccccc1-c1ccccn1.[c-]1ccccc1-c1ccccn1.[c-]1ccccc1-c1ccccn1.[c-]1ccccc1-c1ccccn1. The molecule has 0 aliphatic heterocycles. The molecule has 13 heteroatoms. The summed E-state index contributed by atoms with van der Waals surface area (Å²) in [5.74, 6) is -0.213. The van der Waals surface area contributed by atoms with Gasteiger partial charge in [-0.05, 0) is 201 Å². The topological polar surface area (TPSA) is 103 Å². The van der Waals surface area contributed by atoms with Gasteiger partial charge in [0.15, 0.2) is 0 Å². The van der Waals surface area contributed by atoms with E-state index in [1.807, 2.05) is 348 Å². The first-order chi connectivity index (χ1) is 63.7. The van der Waals surface area contributed by atoms with E-state index < -0.39 is 6.85 Å². The summed E-state index contributed by atoms with van der Waals surface area (Å²) < 4.78 is 36.1. The predicted molar refractivity (Wildman–Crippen MR) is 518 cm³/mol. The second-order valence-corrected chi connectivity index (χ2v) is 28.7. The van der Waals surface area contributed by atoms with E-state index in [1.165, 1.54) is 45.5 Å². The Labute approximate surface area is 829 Å². The maximum Gasteiger partial charge on any atom is 0.123 e. The zero-order chi connectivity index (χ0) is 90.2. The van der Waals surface area contributed by atoms with Gasteiger partial charge in [0.1, 0.15) is 5.82 Å². The molecule has 0 saturated heterocycles. The van der Waals surface area contributed by atoms with Gasteiger partial charge < -0.3 is 39.9 Å². The normalized spacial score (nSPS) is 10.3. The van der Waals surface area contributed by atoms with Crippen molar-refractivity contribution in [1.82, 2.24) is 39.9 Å². The van der Waals surface area contributed by atoms with Crippen molar-refractivity contribution in [3.8, 4) is 135 Å². The quantitative estimate of drug-likeness (QED) is 0.105. The molecule has 8 heterocycles. The van der Waals surface area contributed by atoms with Crippen molar-refractivity contribution in [2.45, 2.75) is 41.0 Å². The van der Waals surface area contributed by atoms with Crippen molar-refractivity contribution in [2.75, 3.05) is 0 Å². The summed E-state index contributed by atoms with van der Waals surface area (Å²) in [7, 11) is 0. The molecule has 8 aromatic heterocycles. The van der Waals surface area contributed by atoms with Gasteiger partial charge in [0.2, 0.25) is 0 Å². The number of hydrogen-bond donors (Lipinski definition) is 0. The molecule has 0 N–H and O–H groups in total. The molecule has 0 bridgehead atoms. The molecule has 0 saturated carbocycles. The number of rotatable bonds is 13. The zero-order valence-electron chi connectivity index (χ0n) is 75.2. The minimum atomic E-state index is -2.11. The number of aromatic nitrogens is 8. The van der Waals surface area contributed by atoms with Gasteiger partial charge in [-0.1, -0.05) is 164 Å². The van der Waals surface area contributed by atoms with Crippen LogP contribution >= 0.6 is 0 Å². The number of benzene rings is 12. The van der Waals surface area contributed by atoms with Crippen molar-refractivity contribution in [2.24, 2.45) is 0 Å². The molecule has 0 fully saturated rings. The van der Waals surface area contributed by atoms with Crippen LogP contribution in [0.25, 0.3) is 135 Å². The minimum Gasteiger partial charge on any atom is -0.305 e. The Morgan fingerprint density at radius 3 is 0.817 bits per heavy atom. The molecule has 0 atom stereocenters. The van der Waals surface area contributed by atoms with E-state index in [9.17, 15) is 4.39 Å². The number of hydrogen-bond acceptors (Lipinski definition) is 8. The van der Waals surface area contributed by atoms with Crippen molar-refractivity contribution in [3.05, 3.63) is 532 Å². The molecule has 0 unspecified atom stereocenters. The van der Waals surface area contributed by atoms with Crippen LogP contribution in [0.2, 0.25) is 0 Å². The fourth-order valence-corrected chi connectivity index (χ4v) is 12.9. The van der Waals surface area contributed by atoms with Gasteiger partial charge in [-0.2, -0.15) is 0 Å². The molecule has 654 valence electrons. The van der Waals surface area contributed by atoms with Crippen molar-refractivity contribution < 1.29 is 88.9 Å². The Hall–Kier alpha value is -13.6. The summed E-state index contributed by atoms with van der Waals surface area (Å²) in [4.78, 5) is 34.6. The Balaban J connectivity index is 0.000000173. The third kappa shape index (κ3) is 31.9. The van der Waals surface area contributed by atoms with Crippen LogP contribution < -0.4 is 0 Å². The molecule has 8 nitrogen and oxygen atoms in total. The van der Waals surface area contributed by atoms with E-state index in [2.05, 4.69) is 163 Å². The van der Waals surface area contributed by atoms with E-state index in [4.69, 9.17) is 4.11 Å². The average Bonchev–Trinajstić information content (AvgIpc) is 0.942. The molecule has 0 aliphatic rings. The van der Waals surface area contributed by atoms with Crippen LogP contribution in [0, 0.1) is 82.0 Å². The maximum atomic E-state index is 13.1. The summed E-state index contributed by atoms with van der Waals surface area (Å²) in [6, 6.07) is 155. The van der Waals surface area contributed by atoms with Crippen LogP contribution in [-0.4, -0.2) is 39.9 Å². The Bertz CT molecular complexity index is 6270. The van der Waals surface area contributed by atoms with E-state index in [0.717, 1.165) is 130 Å². The summed E-state index contributed by atoms with van der Waals surface area (Å²) in [6.45, 7) is 5.88. The molecule has 20 rings (SSSR count). The number of nitrogens with zero attached hydrogens (tertiary/aromatic N) is 8. The van der Waals surface area contributed by atoms with Crippen LogP contribution in [-0.2, 0) is 86.8 Å². The minimum absolute atomic E-state index is 0. The second kappa shape index (κ2) is 55.3. The number of halogens is 1. The van der Waals surface area contributed by atoms with Crippen LogP contribution in [0.1, 0.15) is 38.9 Å². The summed E-state index contributed by atoms with van der Waals surface area (Å²) >= 11 is 0. The second-order valence-electron chi connectivity index (χ2n) is 28.7. The van der Waals surface area contributed by atoms with Gasteiger partial charge in [0.05, 0.1) is 0 Å². The van der Waals surface area contributed by atoms with Gasteiger partial charge in [-0.25, -0.2) is 4.39 Å². The monoisotopic (exact) mass is 2410 g/mol. The molecular weight excluding hydrogens is 2320 g/mol. The van der Waals surface area contributed by atoms with Crippen molar-refractivity contribution in [3.63, 3.8) is 0 Å². The summed E-state index contributed by atoms with van der Waals surface area (Å²) in [5.41, 5.74) is 28.9. The standard InChI is InChI=1S/2C19H16N.C18H13FN.C18H14N.4C11H8N.4Ir/c1-14-8-9-17(12-15(14)2)18-10-11-20-19(13-18)16-6-4-3-5-7-16;1-2-15-8-10-16(11-9-15)18-12-13-20-19(14-18)17-6-4-3-5-7-17;1-13-11-16(19)8-9-17(13)15-7-10-18(20-12-15)14-5-3-2-4-6-14;1-14-7-9-15(10-8-14)17-11-12-19-18(13-17)16-5-3-2-4-6-16;4*1-2-6-10(7-3-1)11-8-4-5-9-12-11;;;;/h3-6,8-13H,1-2H3;3-6,8-14H,2H2,1H3;2-5,7-12H,1H3;2-5,7-13H,1H3;4*1-6,8-9H;;;;/q8*-1;;;;/i2D3;;;;;;;;;;;. The maximum absolute atomic E-state index is 13.1. The molecule has 20 aromatic rings. The fraction of sp³-hybridized carbons (Fsp3) is 0.0508. The van der Waals surface area contributed by atoms with Crippen LogP contribution in [0.5, 0.6) is 0 Å². The number of pyridine rings is 8. The fourth-order valence-electron chi connectivity index (χ4n) is 12.9. The van der Waals surface area contributed by atoms with E-state index in [-0.39, 0.29) is 86.2 Å². The summed E-state index contributed by atoms with van der Waals surface area (Å²) in [5, 5.41) is 0. The van der Waals surface area contributed by atoms with Crippen molar-refractivity contribution in [1.29, 1.82) is 0 Å². The Morgan fingerprint density at radius 1 is 0.237 bits per heavy atom. The van der Waals surface area contributed by atoms with E-state index >= 15 is 0 Å². The summed E-state index contributed by atoms with van der Waals surface area (Å²) in [6.07, 6.45) is 15.5. The van der Waals surface area contributed by atoms with Crippen LogP contribution in [0.3, 0.4) is 0 Å². The van der Waals surface area contributed by atoms with Crippen LogP contribution in [0.15, 0.2) is 450 Å². The van der Waals surface area contributed by atoms with Gasteiger partial charge >= 0.3 is 0 Å². The molecule has 0 aliphatic carbocycles. The van der Waals surface area contributed by atoms with Gasteiger partial charge in [0.25, 0.3) is 0 Å². The zero-order valence-corrected chi connectivity index (χ0v) is 81.8. The molecule has 12 aromatic carbocycles. The Morgan fingerprint density at radius 2 is 0.527 bits per heavy atom. The first kappa shape index (κ1) is 96.4. The first-order valence-electron chi connectivity index (χ1n) is 43.0. The van der Waals surface area contributed by atoms with Gasteiger partial charge in [-0.15, -0.1) is 287 Å². The van der Waals surface area contributed by atoms with Gasteiger partial charge in [-0.3, -0.25) is 0 Å². The predicted octanol–water partition coefficient (Wildman–Crippen LogP) is 29.0. The largest absolute Gasteiger partial charge is 0.305 e. The number of aryl methyl sites for hydroxylation is 5. The molecule has 0 amide bonds. The van der Waals surface area contributed by atoms with Crippen LogP contribution in [0.4, 0.5) is 4.39 Å². The molecule has 131 heavy (non-hydrogen) atoms. The molecular formula is C118H91FIr4N8-8.